The molecule has 0 aromatic heterocycles. The van der Waals surface area contributed by atoms with E-state index in [0.29, 0.717) is 6.07 Å². The van der Waals surface area contributed by atoms with Crippen LogP contribution in [0, 0.1) is 0 Å². The van der Waals surface area contributed by atoms with Gasteiger partial charge in [0.15, 0.2) is 0 Å². The van der Waals surface area contributed by atoms with Gasteiger partial charge in [-0.1, -0.05) is 6.07 Å². The zero-order valence-electron chi connectivity index (χ0n) is 13.3. The standard InChI is InChI=1S/C13H14N2O9S2/c1-2-24-13(17)12-10(16)7-15(14-12)6-8-3-4-9(25(18,19)20)5-11(8)26(21,22)23/h3-5H,2,6-7H2,1H3,(H,18,19,20)(H,21,22,23). The topological polar surface area (TPSA) is 168 Å². The van der Waals surface area contributed by atoms with E-state index in [1.54, 1.807) is 6.92 Å². The van der Waals surface area contributed by atoms with Gasteiger partial charge in [-0.25, -0.2) is 4.79 Å². The van der Waals surface area contributed by atoms with Crippen molar-refractivity contribution in [3.63, 3.8) is 0 Å². The molecule has 1 aliphatic rings. The van der Waals surface area contributed by atoms with E-state index in [1.807, 2.05) is 0 Å². The van der Waals surface area contributed by atoms with Gasteiger partial charge >= 0.3 is 5.97 Å². The van der Waals surface area contributed by atoms with Crippen LogP contribution in [0.25, 0.3) is 0 Å². The summed E-state index contributed by atoms with van der Waals surface area (Å²) >= 11 is 0. The molecule has 1 aromatic rings. The molecule has 1 heterocycles. The first-order chi connectivity index (χ1) is 11.9. The third-order valence-corrected chi connectivity index (χ3v) is 5.05. The maximum atomic E-state index is 11.8. The lowest BCUT2D eigenvalue weighted by atomic mass is 10.2. The average molecular weight is 406 g/mol. The van der Waals surface area contributed by atoms with Gasteiger partial charge in [-0.05, 0) is 24.6 Å². The number of rotatable bonds is 6. The van der Waals surface area contributed by atoms with Gasteiger partial charge < -0.3 is 4.74 Å². The fourth-order valence-electron chi connectivity index (χ4n) is 2.18. The van der Waals surface area contributed by atoms with Gasteiger partial charge in [0.25, 0.3) is 20.2 Å². The highest BCUT2D eigenvalue weighted by atomic mass is 32.2. The Kier molecular flexibility index (Phi) is 5.46. The van der Waals surface area contributed by atoms with Crippen molar-refractivity contribution in [1.82, 2.24) is 5.01 Å². The third-order valence-electron chi connectivity index (χ3n) is 3.27. The fourth-order valence-corrected chi connectivity index (χ4v) is 3.50. The minimum Gasteiger partial charge on any atom is -0.461 e. The molecular weight excluding hydrogens is 392 g/mol. The van der Waals surface area contributed by atoms with Gasteiger partial charge in [-0.3, -0.25) is 18.9 Å². The van der Waals surface area contributed by atoms with Crippen molar-refractivity contribution in [2.24, 2.45) is 5.10 Å². The number of ether oxygens (including phenoxy) is 1. The molecule has 13 heteroatoms. The maximum Gasteiger partial charge on any atom is 0.362 e. The van der Waals surface area contributed by atoms with Crippen molar-refractivity contribution >= 4 is 37.7 Å². The van der Waals surface area contributed by atoms with Crippen molar-refractivity contribution in [3.05, 3.63) is 23.8 Å². The molecule has 0 aliphatic carbocycles. The second-order valence-electron chi connectivity index (χ2n) is 5.13. The lowest BCUT2D eigenvalue weighted by Crippen LogP contribution is -2.25. The molecule has 2 rings (SSSR count). The molecule has 0 bridgehead atoms. The van der Waals surface area contributed by atoms with Crippen LogP contribution in [0.5, 0.6) is 0 Å². The van der Waals surface area contributed by atoms with Gasteiger partial charge in [0.1, 0.15) is 11.4 Å². The molecule has 0 saturated heterocycles. The Morgan fingerprint density at radius 3 is 2.42 bits per heavy atom. The number of carbonyl (C=O) groups is 2. The zero-order chi connectivity index (χ0) is 19.7. The summed E-state index contributed by atoms with van der Waals surface area (Å²) in [6.45, 7) is 0.925. The first kappa shape index (κ1) is 20.0. The van der Waals surface area contributed by atoms with E-state index in [-0.39, 0.29) is 25.3 Å². The number of nitrogens with zero attached hydrogens (tertiary/aromatic N) is 2. The lowest BCUT2D eigenvalue weighted by molar-refractivity contribution is -0.135. The smallest absolute Gasteiger partial charge is 0.362 e. The van der Waals surface area contributed by atoms with Crippen molar-refractivity contribution in [3.8, 4) is 0 Å². The van der Waals surface area contributed by atoms with Gasteiger partial charge in [0.2, 0.25) is 11.5 Å². The van der Waals surface area contributed by atoms with Crippen LogP contribution in [0.3, 0.4) is 0 Å². The number of benzene rings is 1. The summed E-state index contributed by atoms with van der Waals surface area (Å²) in [4.78, 5) is 21.9. The van der Waals surface area contributed by atoms with Gasteiger partial charge in [0, 0.05) is 0 Å². The molecule has 1 aromatic carbocycles. The highest BCUT2D eigenvalue weighted by Crippen LogP contribution is 2.23. The molecule has 0 atom stereocenters. The summed E-state index contributed by atoms with van der Waals surface area (Å²) in [5.74, 6) is -1.55. The van der Waals surface area contributed by atoms with Crippen molar-refractivity contribution in [1.29, 1.82) is 0 Å². The predicted octanol–water partition coefficient (Wildman–Crippen LogP) is -0.516. The van der Waals surface area contributed by atoms with E-state index < -0.39 is 47.5 Å². The van der Waals surface area contributed by atoms with Crippen LogP contribution < -0.4 is 0 Å². The molecule has 0 saturated carbocycles. The largest absolute Gasteiger partial charge is 0.461 e. The molecule has 0 amide bonds. The Morgan fingerprint density at radius 2 is 1.88 bits per heavy atom. The monoisotopic (exact) mass is 406 g/mol. The molecule has 0 radical (unpaired) electrons. The van der Waals surface area contributed by atoms with E-state index in [0.717, 1.165) is 17.1 Å². The third kappa shape index (κ3) is 4.43. The second kappa shape index (κ2) is 7.11. The van der Waals surface area contributed by atoms with Gasteiger partial charge in [-0.15, -0.1) is 0 Å². The van der Waals surface area contributed by atoms with Crippen molar-refractivity contribution in [2.75, 3.05) is 13.2 Å². The number of hydrazone groups is 1. The molecule has 2 N–H and O–H groups in total. The van der Waals surface area contributed by atoms with Crippen LogP contribution in [0.2, 0.25) is 0 Å². The number of hydrogen-bond donors (Lipinski definition) is 2. The molecule has 0 fully saturated rings. The quantitative estimate of drug-likeness (QED) is 0.463. The van der Waals surface area contributed by atoms with E-state index >= 15 is 0 Å². The summed E-state index contributed by atoms with van der Waals surface area (Å²) in [6.07, 6.45) is 0. The zero-order valence-corrected chi connectivity index (χ0v) is 14.9. The summed E-state index contributed by atoms with van der Waals surface area (Å²) < 4.78 is 68.3. The number of ketones is 1. The van der Waals surface area contributed by atoms with E-state index in [2.05, 4.69) is 9.84 Å². The minimum atomic E-state index is -4.84. The molecule has 26 heavy (non-hydrogen) atoms. The summed E-state index contributed by atoms with van der Waals surface area (Å²) in [6, 6.07) is 2.54. The number of carbonyl (C=O) groups excluding carboxylic acids is 2. The summed E-state index contributed by atoms with van der Waals surface area (Å²) in [5, 5.41) is 4.82. The molecule has 1 aliphatic heterocycles. The Hall–Kier alpha value is -2.35. The Bertz CT molecular complexity index is 996. The van der Waals surface area contributed by atoms with Crippen LogP contribution in [0.1, 0.15) is 12.5 Å². The van der Waals surface area contributed by atoms with Gasteiger partial charge in [0.05, 0.1) is 18.0 Å². The van der Waals surface area contributed by atoms with Crippen LogP contribution in [-0.2, 0) is 41.1 Å². The fraction of sp³-hybridized carbons (Fsp3) is 0.308. The highest BCUT2D eigenvalue weighted by molar-refractivity contribution is 7.86. The molecule has 0 spiro atoms. The second-order valence-corrected chi connectivity index (χ2v) is 7.95. The maximum absolute atomic E-state index is 11.8. The minimum absolute atomic E-state index is 0.0368. The molecular formula is C13H14N2O9S2. The van der Waals surface area contributed by atoms with Gasteiger partial charge in [-0.2, -0.15) is 21.9 Å². The number of Topliss-reactive ketones (excluding diaryl/α,β-unsaturated/α-hetero) is 1. The first-order valence-electron chi connectivity index (χ1n) is 7.05. The summed E-state index contributed by atoms with van der Waals surface area (Å²) in [5.41, 5.74) is -0.545. The molecule has 142 valence electrons. The predicted molar refractivity (Wildman–Crippen MR) is 85.6 cm³/mol. The van der Waals surface area contributed by atoms with Crippen LogP contribution in [-0.4, -0.2) is 61.6 Å². The molecule has 0 unspecified atom stereocenters. The Labute approximate surface area is 148 Å². The Morgan fingerprint density at radius 1 is 1.23 bits per heavy atom. The van der Waals surface area contributed by atoms with Crippen LogP contribution in [0.15, 0.2) is 33.1 Å². The number of esters is 1. The lowest BCUT2D eigenvalue weighted by Gasteiger charge is -2.15. The van der Waals surface area contributed by atoms with Crippen LogP contribution in [0.4, 0.5) is 0 Å². The average Bonchev–Trinajstić information content (AvgIpc) is 2.86. The van der Waals surface area contributed by atoms with E-state index in [4.69, 9.17) is 4.55 Å². The first-order valence-corrected chi connectivity index (χ1v) is 9.93. The summed E-state index contributed by atoms with van der Waals surface area (Å²) in [7, 11) is -9.53. The van der Waals surface area contributed by atoms with Crippen molar-refractivity contribution < 1.29 is 40.3 Å². The highest BCUT2D eigenvalue weighted by Gasteiger charge is 2.31. The van der Waals surface area contributed by atoms with Crippen LogP contribution >= 0.6 is 0 Å². The molecule has 11 nitrogen and oxygen atoms in total. The van der Waals surface area contributed by atoms with E-state index in [9.17, 15) is 31.0 Å². The number of hydrogen-bond acceptors (Lipinski definition) is 9. The Balaban J connectivity index is 2.39. The van der Waals surface area contributed by atoms with Crippen molar-refractivity contribution in [2.45, 2.75) is 23.3 Å². The SMILES string of the molecule is CCOC(=O)C1=NN(Cc2ccc(S(=O)(=O)O)cc2S(=O)(=O)O)CC1=O. The normalized spacial score (nSPS) is 15.1. The van der Waals surface area contributed by atoms with E-state index in [1.165, 1.54) is 0 Å².